The Morgan fingerprint density at radius 2 is 2.28 bits per heavy atom. The second-order valence-corrected chi connectivity index (χ2v) is 5.78. The molecule has 1 fully saturated rings. The molecule has 0 radical (unpaired) electrons. The number of hydrogen-bond acceptors (Lipinski definition) is 3. The summed E-state index contributed by atoms with van der Waals surface area (Å²) in [7, 11) is 0. The number of hydrogen-bond donors (Lipinski definition) is 1. The number of halogens is 1. The van der Waals surface area contributed by atoms with Crippen molar-refractivity contribution in [2.45, 2.75) is 23.8 Å². The Bertz CT molecular complexity index is 427. The van der Waals surface area contributed by atoms with E-state index in [0.29, 0.717) is 17.3 Å². The van der Waals surface area contributed by atoms with Gasteiger partial charge in [-0.15, -0.1) is 11.8 Å². The Labute approximate surface area is 116 Å². The number of piperidine rings is 1. The lowest BCUT2D eigenvalue weighted by atomic mass is 10.1. The van der Waals surface area contributed by atoms with E-state index in [0.717, 1.165) is 24.3 Å². The number of likely N-dealkylation sites (tertiary alicyclic amines) is 1. The lowest BCUT2D eigenvalue weighted by Gasteiger charge is -2.30. The highest BCUT2D eigenvalue weighted by atomic mass is 35.5. The van der Waals surface area contributed by atoms with Crippen molar-refractivity contribution in [1.29, 1.82) is 0 Å². The fourth-order valence-electron chi connectivity index (χ4n) is 1.97. The largest absolute Gasteiger partial charge is 0.391 e. The number of thioether (sulfide) groups is 1. The molecule has 1 aromatic carbocycles. The van der Waals surface area contributed by atoms with Gasteiger partial charge in [-0.2, -0.15) is 0 Å². The van der Waals surface area contributed by atoms with Crippen molar-refractivity contribution in [1.82, 2.24) is 4.90 Å². The van der Waals surface area contributed by atoms with Gasteiger partial charge in [0, 0.05) is 18.0 Å². The number of carbonyl (C=O) groups is 1. The molecule has 0 aromatic heterocycles. The molecule has 0 unspecified atom stereocenters. The van der Waals surface area contributed by atoms with Gasteiger partial charge in [0.1, 0.15) is 0 Å². The van der Waals surface area contributed by atoms with Crippen LogP contribution in [0.15, 0.2) is 29.2 Å². The SMILES string of the molecule is O=C(CSc1ccccc1Cl)N1CCC[C@H](O)C1. The number of β-amino-alcohol motifs (C(OH)–C–C–N with tert-alkyl or cyclic N) is 1. The molecule has 1 amide bonds. The third-order valence-corrected chi connectivity index (χ3v) is 4.44. The van der Waals surface area contributed by atoms with Gasteiger partial charge in [-0.1, -0.05) is 23.7 Å². The Morgan fingerprint density at radius 1 is 1.50 bits per heavy atom. The molecule has 1 aliphatic heterocycles. The normalized spacial score (nSPS) is 19.9. The van der Waals surface area contributed by atoms with E-state index in [1.807, 2.05) is 24.3 Å². The highest BCUT2D eigenvalue weighted by molar-refractivity contribution is 8.00. The van der Waals surface area contributed by atoms with Crippen molar-refractivity contribution >= 4 is 29.3 Å². The van der Waals surface area contributed by atoms with Crippen molar-refractivity contribution in [2.24, 2.45) is 0 Å². The maximum Gasteiger partial charge on any atom is 0.233 e. The monoisotopic (exact) mass is 285 g/mol. The summed E-state index contributed by atoms with van der Waals surface area (Å²) in [5.74, 6) is 0.440. The minimum absolute atomic E-state index is 0.0682. The second-order valence-electron chi connectivity index (χ2n) is 4.35. The van der Waals surface area contributed by atoms with Crippen LogP contribution in [0.5, 0.6) is 0 Å². The summed E-state index contributed by atoms with van der Waals surface area (Å²) in [5, 5.41) is 10.2. The lowest BCUT2D eigenvalue weighted by molar-refractivity contribution is -0.131. The molecule has 1 heterocycles. The smallest absolute Gasteiger partial charge is 0.233 e. The van der Waals surface area contributed by atoms with Gasteiger partial charge in [-0.3, -0.25) is 4.79 Å². The maximum atomic E-state index is 12.0. The molecule has 1 N–H and O–H groups in total. The first kappa shape index (κ1) is 13.7. The summed E-state index contributed by atoms with van der Waals surface area (Å²) < 4.78 is 0. The Balaban J connectivity index is 1.86. The number of rotatable bonds is 3. The van der Waals surface area contributed by atoms with Crippen molar-refractivity contribution in [2.75, 3.05) is 18.8 Å². The third kappa shape index (κ3) is 3.64. The zero-order valence-corrected chi connectivity index (χ0v) is 11.6. The van der Waals surface area contributed by atoms with Crippen LogP contribution in [0.4, 0.5) is 0 Å². The van der Waals surface area contributed by atoms with E-state index in [1.54, 1.807) is 4.90 Å². The van der Waals surface area contributed by atoms with Gasteiger partial charge in [0.15, 0.2) is 0 Å². The zero-order valence-electron chi connectivity index (χ0n) is 10.0. The van der Waals surface area contributed by atoms with Crippen LogP contribution < -0.4 is 0 Å². The summed E-state index contributed by atoms with van der Waals surface area (Å²) in [4.78, 5) is 14.6. The predicted molar refractivity (Wildman–Crippen MR) is 74.0 cm³/mol. The average molecular weight is 286 g/mol. The van der Waals surface area contributed by atoms with Crippen LogP contribution in [-0.2, 0) is 4.79 Å². The summed E-state index contributed by atoms with van der Waals surface area (Å²) in [6.45, 7) is 1.21. The van der Waals surface area contributed by atoms with Gasteiger partial charge in [0.05, 0.1) is 16.9 Å². The Hall–Kier alpha value is -0.710. The van der Waals surface area contributed by atoms with Crippen molar-refractivity contribution < 1.29 is 9.90 Å². The first-order chi connectivity index (χ1) is 8.66. The molecule has 18 heavy (non-hydrogen) atoms. The van der Waals surface area contributed by atoms with Gasteiger partial charge >= 0.3 is 0 Å². The molecular formula is C13H16ClNO2S. The van der Waals surface area contributed by atoms with Crippen LogP contribution >= 0.6 is 23.4 Å². The van der Waals surface area contributed by atoms with Crippen LogP contribution in [-0.4, -0.2) is 40.9 Å². The number of aliphatic hydroxyl groups is 1. The second kappa shape index (κ2) is 6.45. The minimum atomic E-state index is -0.368. The van der Waals surface area contributed by atoms with Gasteiger partial charge in [0.25, 0.3) is 0 Å². The summed E-state index contributed by atoms with van der Waals surface area (Å²) in [6, 6.07) is 7.50. The van der Waals surface area contributed by atoms with Gasteiger partial charge in [-0.25, -0.2) is 0 Å². The highest BCUT2D eigenvalue weighted by Crippen LogP contribution is 2.27. The highest BCUT2D eigenvalue weighted by Gasteiger charge is 2.21. The minimum Gasteiger partial charge on any atom is -0.391 e. The molecule has 3 nitrogen and oxygen atoms in total. The van der Waals surface area contributed by atoms with E-state index in [9.17, 15) is 9.90 Å². The molecule has 1 aromatic rings. The molecule has 1 aliphatic rings. The third-order valence-electron chi connectivity index (χ3n) is 2.94. The summed E-state index contributed by atoms with van der Waals surface area (Å²) >= 11 is 7.48. The van der Waals surface area contributed by atoms with E-state index >= 15 is 0 Å². The van der Waals surface area contributed by atoms with E-state index in [2.05, 4.69) is 0 Å². The fraction of sp³-hybridized carbons (Fsp3) is 0.462. The van der Waals surface area contributed by atoms with E-state index < -0.39 is 0 Å². The van der Waals surface area contributed by atoms with E-state index in [-0.39, 0.29) is 12.0 Å². The van der Waals surface area contributed by atoms with Crippen molar-refractivity contribution in [3.8, 4) is 0 Å². The average Bonchev–Trinajstić information content (AvgIpc) is 2.37. The van der Waals surface area contributed by atoms with Crippen LogP contribution in [0, 0.1) is 0 Å². The van der Waals surface area contributed by atoms with E-state index in [1.165, 1.54) is 11.8 Å². The Morgan fingerprint density at radius 3 is 3.00 bits per heavy atom. The quantitative estimate of drug-likeness (QED) is 0.867. The van der Waals surface area contributed by atoms with Crippen LogP contribution in [0.3, 0.4) is 0 Å². The number of nitrogens with zero attached hydrogens (tertiary/aromatic N) is 1. The molecule has 5 heteroatoms. The first-order valence-electron chi connectivity index (χ1n) is 6.00. The number of aliphatic hydroxyl groups excluding tert-OH is 1. The maximum absolute atomic E-state index is 12.0. The van der Waals surface area contributed by atoms with Gasteiger partial charge in [0.2, 0.25) is 5.91 Å². The molecule has 0 aliphatic carbocycles. The fourth-order valence-corrected chi connectivity index (χ4v) is 3.12. The number of amides is 1. The number of benzene rings is 1. The summed E-state index contributed by atoms with van der Waals surface area (Å²) in [6.07, 6.45) is 1.30. The van der Waals surface area contributed by atoms with Crippen LogP contribution in [0.2, 0.25) is 5.02 Å². The zero-order chi connectivity index (χ0) is 13.0. The molecule has 1 atom stereocenters. The predicted octanol–water partition coefficient (Wildman–Crippen LogP) is 2.42. The first-order valence-corrected chi connectivity index (χ1v) is 7.36. The van der Waals surface area contributed by atoms with Crippen molar-refractivity contribution in [3.05, 3.63) is 29.3 Å². The van der Waals surface area contributed by atoms with Crippen molar-refractivity contribution in [3.63, 3.8) is 0 Å². The molecule has 1 saturated heterocycles. The van der Waals surface area contributed by atoms with Crippen LogP contribution in [0.1, 0.15) is 12.8 Å². The molecular weight excluding hydrogens is 270 g/mol. The lowest BCUT2D eigenvalue weighted by Crippen LogP contribution is -2.42. The number of carbonyl (C=O) groups excluding carboxylic acids is 1. The van der Waals surface area contributed by atoms with Gasteiger partial charge in [-0.05, 0) is 25.0 Å². The Kier molecular flexibility index (Phi) is 4.92. The molecule has 0 spiro atoms. The standard InChI is InChI=1S/C13H16ClNO2S/c14-11-5-1-2-6-12(11)18-9-13(17)15-7-3-4-10(16)8-15/h1-2,5-6,10,16H,3-4,7-9H2/t10-/m0/s1. The summed E-state index contributed by atoms with van der Waals surface area (Å²) in [5.41, 5.74) is 0. The molecule has 2 rings (SSSR count). The van der Waals surface area contributed by atoms with Crippen LogP contribution in [0.25, 0.3) is 0 Å². The van der Waals surface area contributed by atoms with Gasteiger partial charge < -0.3 is 10.0 Å². The topological polar surface area (TPSA) is 40.5 Å². The van der Waals surface area contributed by atoms with E-state index in [4.69, 9.17) is 11.6 Å². The molecule has 0 saturated carbocycles. The molecule has 0 bridgehead atoms. The molecule has 98 valence electrons.